The number of esters is 1. The molecule has 0 bridgehead atoms. The fourth-order valence-electron chi connectivity index (χ4n) is 5.56. The lowest BCUT2D eigenvalue weighted by atomic mass is 9.97. The Morgan fingerprint density at radius 1 is 1.05 bits per heavy atom. The van der Waals surface area contributed by atoms with Crippen LogP contribution in [0.2, 0.25) is 0 Å². The molecule has 2 aromatic carbocycles. The number of ether oxygens (including phenoxy) is 3. The normalized spacial score (nSPS) is 14.0. The van der Waals surface area contributed by atoms with Crippen molar-refractivity contribution < 1.29 is 28.2 Å². The molecule has 1 amide bonds. The first-order chi connectivity index (χ1) is 20.5. The van der Waals surface area contributed by atoms with Crippen LogP contribution in [0.25, 0.3) is 10.9 Å². The highest BCUT2D eigenvalue weighted by molar-refractivity contribution is 5.92. The van der Waals surface area contributed by atoms with Crippen LogP contribution in [-0.4, -0.2) is 72.1 Å². The summed E-state index contributed by atoms with van der Waals surface area (Å²) in [7, 11) is 3.26. The fourth-order valence-corrected chi connectivity index (χ4v) is 5.56. The van der Waals surface area contributed by atoms with Gasteiger partial charge in [0.05, 0.1) is 33.3 Å². The van der Waals surface area contributed by atoms with Gasteiger partial charge in [-0.2, -0.15) is 0 Å². The summed E-state index contributed by atoms with van der Waals surface area (Å²) in [5, 5.41) is 1.20. The molecule has 3 heterocycles. The summed E-state index contributed by atoms with van der Waals surface area (Å²) in [6.07, 6.45) is 5.46. The molecular formula is C32H38N4O6. The van der Waals surface area contributed by atoms with Crippen LogP contribution >= 0.6 is 0 Å². The van der Waals surface area contributed by atoms with Crippen LogP contribution in [-0.2, 0) is 29.0 Å². The number of methoxy groups -OCH3 is 2. The molecule has 0 spiro atoms. The number of aromatic amines is 1. The molecule has 1 aliphatic heterocycles. The fraction of sp³-hybridized carbons (Fsp3) is 0.406. The molecular weight excluding hydrogens is 536 g/mol. The van der Waals surface area contributed by atoms with E-state index in [0.29, 0.717) is 63.0 Å². The van der Waals surface area contributed by atoms with E-state index in [1.54, 1.807) is 26.0 Å². The van der Waals surface area contributed by atoms with Crippen LogP contribution in [0.1, 0.15) is 47.3 Å². The van der Waals surface area contributed by atoms with Crippen LogP contribution in [0, 0.1) is 5.92 Å². The number of rotatable bonds is 12. The van der Waals surface area contributed by atoms with Gasteiger partial charge < -0.3 is 28.5 Å². The van der Waals surface area contributed by atoms with Gasteiger partial charge in [0.15, 0.2) is 17.2 Å². The first kappa shape index (κ1) is 29.2. The lowest BCUT2D eigenvalue weighted by Crippen LogP contribution is -2.40. The minimum Gasteiger partial charge on any atom is -0.493 e. The summed E-state index contributed by atoms with van der Waals surface area (Å²) >= 11 is 0. The van der Waals surface area contributed by atoms with Crippen LogP contribution in [0.3, 0.4) is 0 Å². The van der Waals surface area contributed by atoms with E-state index in [1.165, 1.54) is 17.2 Å². The van der Waals surface area contributed by atoms with E-state index in [2.05, 4.69) is 33.2 Å². The molecule has 10 heteroatoms. The third kappa shape index (κ3) is 6.60. The number of likely N-dealkylation sites (tertiary alicyclic amines) is 1. The molecule has 5 rings (SSSR count). The number of fused-ring (bicyclic) bond motifs is 1. The van der Waals surface area contributed by atoms with Gasteiger partial charge in [-0.25, -0.2) is 4.98 Å². The van der Waals surface area contributed by atoms with Gasteiger partial charge in [0.2, 0.25) is 5.89 Å². The highest BCUT2D eigenvalue weighted by Gasteiger charge is 2.30. The van der Waals surface area contributed by atoms with Crippen molar-refractivity contribution in [3.63, 3.8) is 0 Å². The average Bonchev–Trinajstić information content (AvgIpc) is 3.66. The number of carbonyl (C=O) groups is 2. The lowest BCUT2D eigenvalue weighted by Gasteiger charge is -2.30. The average molecular weight is 575 g/mol. The molecule has 1 N–H and O–H groups in total. The number of para-hydroxylation sites is 2. The van der Waals surface area contributed by atoms with E-state index >= 15 is 0 Å². The number of amides is 1. The second kappa shape index (κ2) is 13.6. The largest absolute Gasteiger partial charge is 0.493 e. The smallest absolute Gasteiger partial charge is 0.309 e. The maximum atomic E-state index is 13.2. The van der Waals surface area contributed by atoms with Crippen LogP contribution in [0.15, 0.2) is 59.3 Å². The number of nitrogens with zero attached hydrogens (tertiary/aromatic N) is 3. The standard InChI is InChI=1S/C32H38N4O6/c1-4-41-32(38)22-13-16-36(17-14-22)31(37)27-21-42-29(34-27)20-35(19-24-8-7-11-28(39-2)30(24)40-3)15-12-23-18-33-26-10-6-5-9-25(23)26/h5-11,18,21-22,33H,4,12-17,19-20H2,1-3H3. The summed E-state index contributed by atoms with van der Waals surface area (Å²) in [6, 6.07) is 14.1. The maximum absolute atomic E-state index is 13.2. The summed E-state index contributed by atoms with van der Waals surface area (Å²) in [6.45, 7) is 4.82. The number of hydrogen-bond donors (Lipinski definition) is 1. The molecule has 42 heavy (non-hydrogen) atoms. The molecule has 2 aromatic heterocycles. The second-order valence-corrected chi connectivity index (χ2v) is 10.4. The topological polar surface area (TPSA) is 110 Å². The Balaban J connectivity index is 1.29. The molecule has 222 valence electrons. The van der Waals surface area contributed by atoms with Gasteiger partial charge in [0.25, 0.3) is 5.91 Å². The minimum atomic E-state index is -0.188. The minimum absolute atomic E-state index is 0.166. The monoisotopic (exact) mass is 574 g/mol. The van der Waals surface area contributed by atoms with Crippen LogP contribution in [0.5, 0.6) is 11.5 Å². The van der Waals surface area contributed by atoms with E-state index in [-0.39, 0.29) is 23.5 Å². The first-order valence-electron chi connectivity index (χ1n) is 14.4. The van der Waals surface area contributed by atoms with Crippen molar-refractivity contribution in [1.82, 2.24) is 19.8 Å². The molecule has 4 aromatic rings. The highest BCUT2D eigenvalue weighted by atomic mass is 16.5. The van der Waals surface area contributed by atoms with Crippen molar-refractivity contribution in [3.05, 3.63) is 77.6 Å². The Hall–Kier alpha value is -4.31. The molecule has 0 saturated carbocycles. The summed E-state index contributed by atoms with van der Waals surface area (Å²) in [5.74, 6) is 1.27. The number of oxazole rings is 1. The Labute approximate surface area is 245 Å². The number of carbonyl (C=O) groups excluding carboxylic acids is 2. The maximum Gasteiger partial charge on any atom is 0.309 e. The van der Waals surface area contributed by atoms with Crippen LogP contribution in [0.4, 0.5) is 0 Å². The lowest BCUT2D eigenvalue weighted by molar-refractivity contribution is -0.149. The van der Waals surface area contributed by atoms with Crippen molar-refractivity contribution in [2.45, 2.75) is 39.3 Å². The van der Waals surface area contributed by atoms with Crippen molar-refractivity contribution in [2.24, 2.45) is 5.92 Å². The van der Waals surface area contributed by atoms with E-state index in [0.717, 1.165) is 24.0 Å². The van der Waals surface area contributed by atoms with E-state index < -0.39 is 0 Å². The Morgan fingerprint density at radius 3 is 2.62 bits per heavy atom. The van der Waals surface area contributed by atoms with Gasteiger partial charge in [-0.3, -0.25) is 14.5 Å². The summed E-state index contributed by atoms with van der Waals surface area (Å²) < 4.78 is 22.2. The van der Waals surface area contributed by atoms with Crippen molar-refractivity contribution in [1.29, 1.82) is 0 Å². The second-order valence-electron chi connectivity index (χ2n) is 10.4. The number of hydrogen-bond acceptors (Lipinski definition) is 8. The molecule has 1 aliphatic rings. The molecule has 0 atom stereocenters. The predicted octanol–water partition coefficient (Wildman–Crippen LogP) is 4.83. The highest BCUT2D eigenvalue weighted by Crippen LogP contribution is 2.32. The number of nitrogens with one attached hydrogen (secondary N) is 1. The Bertz CT molecular complexity index is 1500. The van der Waals surface area contributed by atoms with Gasteiger partial charge in [-0.15, -0.1) is 0 Å². The van der Waals surface area contributed by atoms with Gasteiger partial charge in [0, 0.05) is 48.8 Å². The van der Waals surface area contributed by atoms with Crippen molar-refractivity contribution >= 4 is 22.8 Å². The summed E-state index contributed by atoms with van der Waals surface area (Å²) in [5.41, 5.74) is 3.58. The van der Waals surface area contributed by atoms with E-state index in [9.17, 15) is 9.59 Å². The number of benzene rings is 2. The third-order valence-electron chi connectivity index (χ3n) is 7.78. The quantitative estimate of drug-likeness (QED) is 0.240. The zero-order valence-corrected chi connectivity index (χ0v) is 24.4. The molecule has 1 fully saturated rings. The Morgan fingerprint density at radius 2 is 1.86 bits per heavy atom. The van der Waals surface area contributed by atoms with Crippen molar-refractivity contribution in [2.75, 3.05) is 40.5 Å². The van der Waals surface area contributed by atoms with Crippen molar-refractivity contribution in [3.8, 4) is 11.5 Å². The predicted molar refractivity (Wildman–Crippen MR) is 157 cm³/mol. The zero-order valence-electron chi connectivity index (χ0n) is 24.4. The number of piperidine rings is 1. The van der Waals surface area contributed by atoms with Gasteiger partial charge >= 0.3 is 5.97 Å². The first-order valence-corrected chi connectivity index (χ1v) is 14.4. The molecule has 1 saturated heterocycles. The third-order valence-corrected chi connectivity index (χ3v) is 7.78. The molecule has 0 unspecified atom stereocenters. The van der Waals surface area contributed by atoms with E-state index in [1.807, 2.05) is 30.3 Å². The van der Waals surface area contributed by atoms with Gasteiger partial charge in [0.1, 0.15) is 6.26 Å². The SMILES string of the molecule is CCOC(=O)C1CCN(C(=O)c2coc(CN(CCc3c[nH]c4ccccc34)Cc3cccc(OC)c3OC)n2)CC1. The molecule has 10 nitrogen and oxygen atoms in total. The molecule has 0 radical (unpaired) electrons. The number of aromatic nitrogens is 2. The van der Waals surface area contributed by atoms with E-state index in [4.69, 9.17) is 18.6 Å². The molecule has 0 aliphatic carbocycles. The number of H-pyrrole nitrogens is 1. The van der Waals surface area contributed by atoms with Crippen LogP contribution < -0.4 is 9.47 Å². The van der Waals surface area contributed by atoms with Gasteiger partial charge in [-0.1, -0.05) is 30.3 Å². The Kier molecular flexibility index (Phi) is 9.43. The zero-order chi connectivity index (χ0) is 29.5. The summed E-state index contributed by atoms with van der Waals surface area (Å²) in [4.78, 5) is 37.1. The van der Waals surface area contributed by atoms with Gasteiger partial charge in [-0.05, 0) is 43.9 Å².